The number of sulfonamides is 1. The Balaban J connectivity index is 1.49. The summed E-state index contributed by atoms with van der Waals surface area (Å²) in [5.41, 5.74) is -0.131. The van der Waals surface area contributed by atoms with Gasteiger partial charge in [0.15, 0.2) is 0 Å². The molecule has 1 aromatic carbocycles. The SMILES string of the molecule is CC(C)(C)OC(=O)N1CCC[C@H]1CNS(=O)(=O)c1cccc2c1CN(C1CCC(=O)NC1=O)C2=O. The maximum absolute atomic E-state index is 13.3. The van der Waals surface area contributed by atoms with Crippen molar-refractivity contribution in [3.05, 3.63) is 29.3 Å². The molecule has 0 aromatic heterocycles. The first-order chi connectivity index (χ1) is 16.4. The number of fused-ring (bicyclic) bond motifs is 1. The summed E-state index contributed by atoms with van der Waals surface area (Å²) < 4.78 is 34.5. The summed E-state index contributed by atoms with van der Waals surface area (Å²) in [7, 11) is -4.02. The quantitative estimate of drug-likeness (QED) is 0.570. The molecule has 12 heteroatoms. The molecule has 1 unspecified atom stereocenters. The van der Waals surface area contributed by atoms with E-state index in [0.717, 1.165) is 6.42 Å². The topological polar surface area (TPSA) is 142 Å². The van der Waals surface area contributed by atoms with E-state index in [1.165, 1.54) is 28.0 Å². The molecule has 0 aliphatic carbocycles. The Labute approximate surface area is 204 Å². The number of benzene rings is 1. The number of rotatable bonds is 5. The lowest BCUT2D eigenvalue weighted by Crippen LogP contribution is -2.52. The summed E-state index contributed by atoms with van der Waals surface area (Å²) in [6, 6.07) is 3.25. The maximum Gasteiger partial charge on any atom is 0.410 e. The predicted octanol–water partition coefficient (Wildman–Crippen LogP) is 1.13. The molecule has 4 rings (SSSR count). The Morgan fingerprint density at radius 3 is 2.63 bits per heavy atom. The van der Waals surface area contributed by atoms with E-state index in [2.05, 4.69) is 10.0 Å². The molecule has 2 saturated heterocycles. The number of piperidine rings is 1. The van der Waals surface area contributed by atoms with Gasteiger partial charge < -0.3 is 14.5 Å². The molecule has 3 aliphatic rings. The van der Waals surface area contributed by atoms with Gasteiger partial charge in [-0.05, 0) is 52.2 Å². The molecule has 11 nitrogen and oxygen atoms in total. The van der Waals surface area contributed by atoms with Gasteiger partial charge in [0, 0.05) is 43.2 Å². The average molecular weight is 507 g/mol. The Morgan fingerprint density at radius 1 is 1.20 bits per heavy atom. The zero-order valence-electron chi connectivity index (χ0n) is 20.0. The lowest BCUT2D eigenvalue weighted by atomic mass is 10.0. The standard InChI is InChI=1S/C23H30N4O7S/c1-23(2,3)34-22(31)26-11-5-6-14(26)12-24-35(32,33)18-8-4-7-15-16(18)13-27(21(15)30)17-9-10-19(28)25-20(17)29/h4,7-8,14,17,24H,5-6,9-13H2,1-3H3,(H,25,28,29)/t14-,17?/m0/s1. The molecular weight excluding hydrogens is 476 g/mol. The Morgan fingerprint density at radius 2 is 1.94 bits per heavy atom. The van der Waals surface area contributed by atoms with Gasteiger partial charge in [0.25, 0.3) is 5.91 Å². The summed E-state index contributed by atoms with van der Waals surface area (Å²) in [6.45, 7) is 5.76. The van der Waals surface area contributed by atoms with Crippen molar-refractivity contribution in [3.63, 3.8) is 0 Å². The molecular formula is C23H30N4O7S. The number of nitrogens with zero attached hydrogens (tertiary/aromatic N) is 2. The number of imide groups is 1. The van der Waals surface area contributed by atoms with Crippen LogP contribution in [0.25, 0.3) is 0 Å². The number of likely N-dealkylation sites (tertiary alicyclic amines) is 1. The second kappa shape index (κ2) is 9.23. The van der Waals surface area contributed by atoms with Gasteiger partial charge in [-0.25, -0.2) is 17.9 Å². The molecule has 3 aliphatic heterocycles. The highest BCUT2D eigenvalue weighted by molar-refractivity contribution is 7.89. The third kappa shape index (κ3) is 5.18. The third-order valence-corrected chi connectivity index (χ3v) is 7.85. The van der Waals surface area contributed by atoms with Crippen LogP contribution in [0.4, 0.5) is 4.79 Å². The summed E-state index contributed by atoms with van der Waals surface area (Å²) in [5.74, 6) is -1.40. The molecule has 0 radical (unpaired) electrons. The van der Waals surface area contributed by atoms with Crippen LogP contribution in [0.3, 0.4) is 0 Å². The van der Waals surface area contributed by atoms with Crippen molar-refractivity contribution < 1.29 is 32.3 Å². The maximum atomic E-state index is 13.3. The van der Waals surface area contributed by atoms with E-state index < -0.39 is 45.5 Å². The van der Waals surface area contributed by atoms with Crippen LogP contribution in [0.5, 0.6) is 0 Å². The van der Waals surface area contributed by atoms with Crippen LogP contribution in [0.2, 0.25) is 0 Å². The number of hydrogen-bond donors (Lipinski definition) is 2. The molecule has 0 spiro atoms. The molecule has 2 N–H and O–H groups in total. The van der Waals surface area contributed by atoms with Gasteiger partial charge in [0.05, 0.1) is 4.90 Å². The van der Waals surface area contributed by atoms with E-state index in [1.54, 1.807) is 20.8 Å². The number of carbonyl (C=O) groups is 4. The van der Waals surface area contributed by atoms with E-state index in [0.29, 0.717) is 18.5 Å². The normalized spacial score (nSPS) is 22.9. The van der Waals surface area contributed by atoms with Gasteiger partial charge in [-0.15, -0.1) is 0 Å². The summed E-state index contributed by atoms with van der Waals surface area (Å²) in [4.78, 5) is 52.1. The van der Waals surface area contributed by atoms with Crippen LogP contribution >= 0.6 is 0 Å². The van der Waals surface area contributed by atoms with Crippen LogP contribution in [0, 0.1) is 0 Å². The van der Waals surface area contributed by atoms with Crippen molar-refractivity contribution in [1.29, 1.82) is 0 Å². The van der Waals surface area contributed by atoms with Gasteiger partial charge >= 0.3 is 6.09 Å². The Bertz CT molecular complexity index is 1170. The summed E-state index contributed by atoms with van der Waals surface area (Å²) in [6.07, 6.45) is 1.19. The molecule has 2 atom stereocenters. The first kappa shape index (κ1) is 25.1. The van der Waals surface area contributed by atoms with Crippen LogP contribution in [-0.2, 0) is 30.9 Å². The number of amides is 4. The van der Waals surface area contributed by atoms with Crippen LogP contribution in [-0.4, -0.2) is 72.8 Å². The lowest BCUT2D eigenvalue weighted by molar-refractivity contribution is -0.136. The zero-order chi connectivity index (χ0) is 25.5. The molecule has 4 amide bonds. The van der Waals surface area contributed by atoms with E-state index in [9.17, 15) is 27.6 Å². The molecule has 190 valence electrons. The minimum atomic E-state index is -4.02. The Kier molecular flexibility index (Phi) is 6.62. The first-order valence-corrected chi connectivity index (χ1v) is 13.1. The Hall–Kier alpha value is -2.99. The number of hydrogen-bond acceptors (Lipinski definition) is 7. The largest absolute Gasteiger partial charge is 0.444 e. The molecule has 3 heterocycles. The smallest absolute Gasteiger partial charge is 0.410 e. The zero-order valence-corrected chi connectivity index (χ0v) is 20.8. The third-order valence-electron chi connectivity index (χ3n) is 6.34. The van der Waals surface area contributed by atoms with Crippen LogP contribution < -0.4 is 10.0 Å². The summed E-state index contributed by atoms with van der Waals surface area (Å²) in [5, 5.41) is 2.23. The van der Waals surface area contributed by atoms with Crippen LogP contribution in [0.1, 0.15) is 62.4 Å². The van der Waals surface area contributed by atoms with Gasteiger partial charge in [-0.3, -0.25) is 19.7 Å². The van der Waals surface area contributed by atoms with E-state index in [-0.39, 0.29) is 42.4 Å². The van der Waals surface area contributed by atoms with Gasteiger partial charge in [0.1, 0.15) is 11.6 Å². The summed E-state index contributed by atoms with van der Waals surface area (Å²) >= 11 is 0. The first-order valence-electron chi connectivity index (χ1n) is 11.6. The molecule has 35 heavy (non-hydrogen) atoms. The van der Waals surface area contributed by atoms with E-state index in [4.69, 9.17) is 4.74 Å². The second-order valence-corrected chi connectivity index (χ2v) is 11.7. The van der Waals surface area contributed by atoms with Crippen LogP contribution in [0.15, 0.2) is 23.1 Å². The van der Waals surface area contributed by atoms with Crippen molar-refractivity contribution in [2.75, 3.05) is 13.1 Å². The van der Waals surface area contributed by atoms with E-state index in [1.807, 2.05) is 0 Å². The molecule has 1 aromatic rings. The van der Waals surface area contributed by atoms with Crippen molar-refractivity contribution in [2.45, 2.75) is 75.6 Å². The highest BCUT2D eigenvalue weighted by Gasteiger charge is 2.41. The fraction of sp³-hybridized carbons (Fsp3) is 0.565. The minimum Gasteiger partial charge on any atom is -0.444 e. The number of ether oxygens (including phenoxy) is 1. The highest BCUT2D eigenvalue weighted by atomic mass is 32.2. The van der Waals surface area contributed by atoms with Crippen molar-refractivity contribution in [3.8, 4) is 0 Å². The van der Waals surface area contributed by atoms with Crippen molar-refractivity contribution in [2.24, 2.45) is 0 Å². The second-order valence-electron chi connectivity index (χ2n) is 10.0. The fourth-order valence-electron chi connectivity index (χ4n) is 4.70. The average Bonchev–Trinajstić information content (AvgIpc) is 3.36. The van der Waals surface area contributed by atoms with Gasteiger partial charge in [-0.1, -0.05) is 6.07 Å². The van der Waals surface area contributed by atoms with Crippen molar-refractivity contribution in [1.82, 2.24) is 19.8 Å². The number of carbonyl (C=O) groups excluding carboxylic acids is 4. The van der Waals surface area contributed by atoms with Gasteiger partial charge in [0.2, 0.25) is 21.8 Å². The molecule has 2 fully saturated rings. The lowest BCUT2D eigenvalue weighted by Gasteiger charge is -2.29. The monoisotopic (exact) mass is 506 g/mol. The highest BCUT2D eigenvalue weighted by Crippen LogP contribution is 2.32. The van der Waals surface area contributed by atoms with E-state index >= 15 is 0 Å². The fourth-order valence-corrected chi connectivity index (χ4v) is 6.03. The van der Waals surface area contributed by atoms with Gasteiger partial charge in [-0.2, -0.15) is 0 Å². The minimum absolute atomic E-state index is 0.00997. The molecule has 0 bridgehead atoms. The predicted molar refractivity (Wildman–Crippen MR) is 124 cm³/mol. The number of nitrogens with one attached hydrogen (secondary N) is 2. The van der Waals surface area contributed by atoms with Crippen molar-refractivity contribution >= 4 is 33.8 Å². The molecule has 0 saturated carbocycles.